The van der Waals surface area contributed by atoms with E-state index in [4.69, 9.17) is 16.3 Å². The summed E-state index contributed by atoms with van der Waals surface area (Å²) in [5, 5.41) is 5.13. The maximum atomic E-state index is 12.7. The fourth-order valence-electron chi connectivity index (χ4n) is 8.14. The summed E-state index contributed by atoms with van der Waals surface area (Å²) in [6, 6.07) is 8.83. The highest BCUT2D eigenvalue weighted by Gasteiger charge is 2.58. The van der Waals surface area contributed by atoms with Gasteiger partial charge in [-0.1, -0.05) is 37.1 Å². The third-order valence-corrected chi connectivity index (χ3v) is 10.2. The van der Waals surface area contributed by atoms with Crippen LogP contribution in [0.3, 0.4) is 0 Å². The molecule has 2 saturated carbocycles. The minimum Gasteiger partial charge on any atom is -0.458 e. The van der Waals surface area contributed by atoms with Crippen LogP contribution >= 0.6 is 11.6 Å². The molecule has 0 spiro atoms. The molecule has 0 radical (unpaired) electrons. The van der Waals surface area contributed by atoms with Gasteiger partial charge in [0.2, 0.25) is 0 Å². The van der Waals surface area contributed by atoms with Crippen molar-refractivity contribution in [3.05, 3.63) is 70.5 Å². The SMILES string of the molecule is C[C@]12CC[C@H](OC(=O)c3ccc(Cl)cc3)CC1=CC[C@@H]1[C@@H]2CC[C@]2(C)C(n3cccn3)=C(C=O)C[C@@H]12. The van der Waals surface area contributed by atoms with E-state index in [2.05, 4.69) is 25.0 Å². The minimum absolute atomic E-state index is 0.0313. The van der Waals surface area contributed by atoms with Crippen molar-refractivity contribution in [2.45, 2.75) is 64.9 Å². The van der Waals surface area contributed by atoms with Crippen molar-refractivity contribution in [1.29, 1.82) is 0 Å². The van der Waals surface area contributed by atoms with Crippen LogP contribution in [-0.4, -0.2) is 28.1 Å². The minimum atomic E-state index is -0.271. The van der Waals surface area contributed by atoms with Crippen LogP contribution in [0.15, 0.2) is 59.9 Å². The Hall–Kier alpha value is -2.66. The third-order valence-electron chi connectivity index (χ3n) is 9.96. The van der Waals surface area contributed by atoms with Gasteiger partial charge in [0.15, 0.2) is 0 Å². The van der Waals surface area contributed by atoms with Crippen molar-refractivity contribution in [1.82, 2.24) is 9.78 Å². The number of carbonyl (C=O) groups excluding carboxylic acids is 2. The van der Waals surface area contributed by atoms with Gasteiger partial charge in [-0.15, -0.1) is 0 Å². The van der Waals surface area contributed by atoms with Crippen molar-refractivity contribution in [3.8, 4) is 0 Å². The van der Waals surface area contributed by atoms with E-state index in [1.807, 2.05) is 16.9 Å². The van der Waals surface area contributed by atoms with E-state index in [1.54, 1.807) is 30.5 Å². The van der Waals surface area contributed by atoms with Gasteiger partial charge in [0, 0.05) is 34.8 Å². The zero-order valence-electron chi connectivity index (χ0n) is 21.0. The van der Waals surface area contributed by atoms with Crippen LogP contribution in [0.4, 0.5) is 0 Å². The van der Waals surface area contributed by atoms with Crippen LogP contribution in [0.5, 0.6) is 0 Å². The molecule has 2 aromatic rings. The molecule has 1 aromatic heterocycles. The van der Waals surface area contributed by atoms with Crippen LogP contribution in [-0.2, 0) is 9.53 Å². The predicted molar refractivity (Wildman–Crippen MR) is 139 cm³/mol. The first kappa shape index (κ1) is 23.7. The highest BCUT2D eigenvalue weighted by Crippen LogP contribution is 2.66. The Morgan fingerprint density at radius 2 is 1.89 bits per heavy atom. The van der Waals surface area contributed by atoms with Gasteiger partial charge in [0.25, 0.3) is 0 Å². The number of nitrogens with zero attached hydrogens (tertiary/aromatic N) is 2. The molecular formula is C30H33ClN2O3. The van der Waals surface area contributed by atoms with Crippen LogP contribution in [0, 0.1) is 28.6 Å². The monoisotopic (exact) mass is 504 g/mol. The number of benzene rings is 1. The molecule has 6 atom stereocenters. The highest BCUT2D eigenvalue weighted by molar-refractivity contribution is 6.30. The van der Waals surface area contributed by atoms with E-state index >= 15 is 0 Å². The molecule has 0 N–H and O–H groups in total. The summed E-state index contributed by atoms with van der Waals surface area (Å²) >= 11 is 5.96. The molecule has 36 heavy (non-hydrogen) atoms. The number of ether oxygens (including phenoxy) is 1. The Labute approximate surface area is 217 Å². The summed E-state index contributed by atoms with van der Waals surface area (Å²) < 4.78 is 7.88. The van der Waals surface area contributed by atoms with E-state index in [0.717, 1.165) is 62.5 Å². The van der Waals surface area contributed by atoms with Crippen LogP contribution in [0.1, 0.15) is 69.2 Å². The Kier molecular flexibility index (Phi) is 5.75. The number of hydrogen-bond donors (Lipinski definition) is 0. The Bertz CT molecular complexity index is 1250. The molecule has 4 aliphatic carbocycles. The van der Waals surface area contributed by atoms with E-state index < -0.39 is 0 Å². The molecule has 0 amide bonds. The average molecular weight is 505 g/mol. The maximum Gasteiger partial charge on any atom is 0.338 e. The lowest BCUT2D eigenvalue weighted by Crippen LogP contribution is -2.50. The fraction of sp³-hybridized carbons (Fsp3) is 0.500. The molecule has 4 aliphatic rings. The smallest absolute Gasteiger partial charge is 0.338 e. The molecule has 2 fully saturated rings. The zero-order valence-corrected chi connectivity index (χ0v) is 21.7. The first-order chi connectivity index (χ1) is 17.3. The molecule has 0 bridgehead atoms. The second kappa shape index (κ2) is 8.72. The zero-order chi connectivity index (χ0) is 25.1. The summed E-state index contributed by atoms with van der Waals surface area (Å²) in [4.78, 5) is 24.8. The van der Waals surface area contributed by atoms with Gasteiger partial charge >= 0.3 is 5.97 Å². The second-order valence-corrected chi connectivity index (χ2v) is 12.1. The van der Waals surface area contributed by atoms with Gasteiger partial charge in [-0.05, 0) is 92.0 Å². The third kappa shape index (κ3) is 3.61. The second-order valence-electron chi connectivity index (χ2n) is 11.6. The number of aromatic nitrogens is 2. The van der Waals surface area contributed by atoms with Gasteiger partial charge in [0.1, 0.15) is 12.4 Å². The van der Waals surface area contributed by atoms with Crippen LogP contribution < -0.4 is 0 Å². The number of aldehydes is 1. The molecule has 0 saturated heterocycles. The predicted octanol–water partition coefficient (Wildman–Crippen LogP) is 6.74. The summed E-state index contributed by atoms with van der Waals surface area (Å²) in [6.07, 6.45) is 14.0. The molecule has 188 valence electrons. The van der Waals surface area contributed by atoms with Gasteiger partial charge in [-0.2, -0.15) is 5.10 Å². The fourth-order valence-corrected chi connectivity index (χ4v) is 8.26. The van der Waals surface area contributed by atoms with Crippen molar-refractivity contribution >= 4 is 29.6 Å². The summed E-state index contributed by atoms with van der Waals surface area (Å²) in [5.74, 6) is 1.32. The maximum absolute atomic E-state index is 12.7. The number of rotatable bonds is 4. The number of allylic oxidation sites excluding steroid dienone is 3. The summed E-state index contributed by atoms with van der Waals surface area (Å²) in [6.45, 7) is 4.79. The van der Waals surface area contributed by atoms with E-state index in [9.17, 15) is 9.59 Å². The lowest BCUT2D eigenvalue weighted by atomic mass is 9.48. The number of halogens is 1. The van der Waals surface area contributed by atoms with E-state index in [0.29, 0.717) is 28.3 Å². The summed E-state index contributed by atoms with van der Waals surface area (Å²) in [5.41, 5.74) is 4.14. The van der Waals surface area contributed by atoms with Crippen LogP contribution in [0.25, 0.3) is 5.70 Å². The first-order valence-electron chi connectivity index (χ1n) is 13.2. The largest absolute Gasteiger partial charge is 0.458 e. The van der Waals surface area contributed by atoms with Crippen molar-refractivity contribution in [2.75, 3.05) is 0 Å². The van der Waals surface area contributed by atoms with Gasteiger partial charge in [0.05, 0.1) is 11.3 Å². The normalized spacial score (nSPS) is 35.4. The molecule has 6 rings (SSSR count). The van der Waals surface area contributed by atoms with E-state index in [-0.39, 0.29) is 22.9 Å². The number of carbonyl (C=O) groups is 2. The molecular weight excluding hydrogens is 472 g/mol. The molecule has 1 heterocycles. The van der Waals surface area contributed by atoms with Gasteiger partial charge < -0.3 is 4.74 Å². The summed E-state index contributed by atoms with van der Waals surface area (Å²) in [7, 11) is 0. The highest BCUT2D eigenvalue weighted by atomic mass is 35.5. The standard InChI is InChI=1S/C30H33ClN2O3/c1-29-12-10-23(36-28(35)19-4-7-22(31)8-5-19)17-21(29)6-9-24-25(29)11-13-30(2)26(24)16-20(18-34)27(30)33-15-3-14-32-33/h3-8,14-15,18,23-26H,9-13,16-17H2,1-2H3/t23-,24+,25-,26-,29-,30-/m0/s1. The lowest BCUT2D eigenvalue weighted by Gasteiger charge is -2.57. The van der Waals surface area contributed by atoms with Crippen molar-refractivity contribution < 1.29 is 14.3 Å². The Morgan fingerprint density at radius 1 is 1.11 bits per heavy atom. The quantitative estimate of drug-likeness (QED) is 0.262. The molecule has 0 aliphatic heterocycles. The van der Waals surface area contributed by atoms with E-state index in [1.165, 1.54) is 5.57 Å². The Balaban J connectivity index is 1.22. The van der Waals surface area contributed by atoms with Crippen molar-refractivity contribution in [3.63, 3.8) is 0 Å². The number of fused-ring (bicyclic) bond motifs is 5. The lowest BCUT2D eigenvalue weighted by molar-refractivity contribution is -0.105. The molecule has 1 aromatic carbocycles. The van der Waals surface area contributed by atoms with Crippen LogP contribution in [0.2, 0.25) is 5.02 Å². The van der Waals surface area contributed by atoms with Crippen molar-refractivity contribution in [2.24, 2.45) is 28.6 Å². The first-order valence-corrected chi connectivity index (χ1v) is 13.6. The number of esters is 1. The topological polar surface area (TPSA) is 61.2 Å². The molecule has 0 unspecified atom stereocenters. The van der Waals surface area contributed by atoms with Gasteiger partial charge in [-0.3, -0.25) is 4.79 Å². The Morgan fingerprint density at radius 3 is 2.61 bits per heavy atom. The number of hydrogen-bond acceptors (Lipinski definition) is 4. The molecule has 6 heteroatoms. The average Bonchev–Trinajstić information content (AvgIpc) is 3.49. The van der Waals surface area contributed by atoms with Gasteiger partial charge in [-0.25, -0.2) is 9.48 Å². The molecule has 5 nitrogen and oxygen atoms in total.